The molecule has 4 heteroatoms. The average molecular weight is 261 g/mol. The summed E-state index contributed by atoms with van der Waals surface area (Å²) in [6.45, 7) is 2.76. The van der Waals surface area contributed by atoms with Gasteiger partial charge >= 0.3 is 0 Å². The number of carbonyl (C=O) groups is 1. The average Bonchev–Trinajstić information content (AvgIpc) is 2.75. The summed E-state index contributed by atoms with van der Waals surface area (Å²) in [5.41, 5.74) is 1.45. The zero-order chi connectivity index (χ0) is 13.8. The Labute approximate surface area is 111 Å². The molecule has 0 bridgehead atoms. The number of hydrogen-bond donors (Lipinski definition) is 0. The van der Waals surface area contributed by atoms with Gasteiger partial charge in [-0.1, -0.05) is 12.1 Å². The molecule has 1 heterocycles. The van der Waals surface area contributed by atoms with Crippen molar-refractivity contribution in [3.05, 3.63) is 59.3 Å². The van der Waals surface area contributed by atoms with Crippen molar-refractivity contribution in [2.24, 2.45) is 0 Å². The van der Waals surface area contributed by atoms with Crippen molar-refractivity contribution in [3.8, 4) is 0 Å². The maximum atomic E-state index is 13.0. The van der Waals surface area contributed by atoms with E-state index in [4.69, 9.17) is 4.42 Å². The first kappa shape index (κ1) is 13.5. The Hall–Kier alpha value is -1.94. The van der Waals surface area contributed by atoms with Crippen molar-refractivity contribution in [2.75, 3.05) is 13.6 Å². The third-order valence-electron chi connectivity index (χ3n) is 2.97. The number of hydrogen-bond acceptors (Lipinski definition) is 3. The second-order valence-electron chi connectivity index (χ2n) is 4.61. The van der Waals surface area contributed by atoms with Gasteiger partial charge in [0, 0.05) is 17.7 Å². The predicted molar refractivity (Wildman–Crippen MR) is 70.5 cm³/mol. The molecular formula is C15H16FNO2. The highest BCUT2D eigenvalue weighted by Crippen LogP contribution is 2.12. The Kier molecular flexibility index (Phi) is 4.12. The van der Waals surface area contributed by atoms with Crippen LogP contribution >= 0.6 is 0 Å². The molecule has 2 rings (SSSR count). The minimum Gasteiger partial charge on any atom is -0.469 e. The summed E-state index contributed by atoms with van der Waals surface area (Å²) in [5, 5.41) is 0. The second kappa shape index (κ2) is 5.80. The molecule has 0 aliphatic carbocycles. The number of likely N-dealkylation sites (N-methyl/N-ethyl adjacent to an activating group) is 1. The molecule has 0 aliphatic heterocycles. The summed E-state index contributed by atoms with van der Waals surface area (Å²) in [6, 6.07) is 7.65. The van der Waals surface area contributed by atoms with Crippen LogP contribution < -0.4 is 0 Å². The molecule has 0 unspecified atom stereocenters. The highest BCUT2D eigenvalue weighted by Gasteiger charge is 2.12. The molecule has 0 aliphatic rings. The van der Waals surface area contributed by atoms with E-state index in [1.54, 1.807) is 18.4 Å². The van der Waals surface area contributed by atoms with Crippen molar-refractivity contribution in [1.29, 1.82) is 0 Å². The molecule has 0 N–H and O–H groups in total. The number of ketones is 1. The van der Waals surface area contributed by atoms with E-state index in [9.17, 15) is 9.18 Å². The van der Waals surface area contributed by atoms with Gasteiger partial charge in [0.2, 0.25) is 0 Å². The van der Waals surface area contributed by atoms with E-state index in [2.05, 4.69) is 0 Å². The van der Waals surface area contributed by atoms with E-state index in [-0.39, 0.29) is 18.1 Å². The van der Waals surface area contributed by atoms with E-state index in [1.165, 1.54) is 12.1 Å². The van der Waals surface area contributed by atoms with Crippen LogP contribution in [0, 0.1) is 12.7 Å². The van der Waals surface area contributed by atoms with Gasteiger partial charge in [-0.3, -0.25) is 9.69 Å². The molecular weight excluding hydrogens is 245 g/mol. The van der Waals surface area contributed by atoms with Gasteiger partial charge in [-0.25, -0.2) is 4.39 Å². The van der Waals surface area contributed by atoms with Crippen LogP contribution in [0.1, 0.15) is 21.7 Å². The van der Waals surface area contributed by atoms with Gasteiger partial charge in [0.25, 0.3) is 0 Å². The molecule has 0 spiro atoms. The quantitative estimate of drug-likeness (QED) is 0.776. The first-order chi connectivity index (χ1) is 9.06. The standard InChI is InChI=1S/C15H16FNO2/c1-11-13(6-7-19-11)9-17(2)10-15(18)12-4-3-5-14(16)8-12/h3-8H,9-10H2,1-2H3. The first-order valence-electron chi connectivity index (χ1n) is 6.06. The summed E-state index contributed by atoms with van der Waals surface area (Å²) in [6.07, 6.45) is 1.63. The molecule has 0 radical (unpaired) electrons. The summed E-state index contributed by atoms with van der Waals surface area (Å²) >= 11 is 0. The summed E-state index contributed by atoms with van der Waals surface area (Å²) < 4.78 is 18.3. The normalized spacial score (nSPS) is 10.9. The summed E-state index contributed by atoms with van der Waals surface area (Å²) in [7, 11) is 1.85. The Morgan fingerprint density at radius 2 is 2.16 bits per heavy atom. The molecule has 0 saturated carbocycles. The minimum absolute atomic E-state index is 0.0943. The molecule has 100 valence electrons. The van der Waals surface area contributed by atoms with Gasteiger partial charge in [0.1, 0.15) is 11.6 Å². The Balaban J connectivity index is 1.97. The van der Waals surface area contributed by atoms with Gasteiger partial charge in [0.05, 0.1) is 12.8 Å². The van der Waals surface area contributed by atoms with E-state index >= 15 is 0 Å². The third-order valence-corrected chi connectivity index (χ3v) is 2.97. The maximum absolute atomic E-state index is 13.0. The Morgan fingerprint density at radius 3 is 2.79 bits per heavy atom. The molecule has 0 saturated heterocycles. The van der Waals surface area contributed by atoms with Gasteiger partial charge in [0.15, 0.2) is 5.78 Å². The molecule has 1 aromatic carbocycles. The second-order valence-corrected chi connectivity index (χ2v) is 4.61. The van der Waals surface area contributed by atoms with Crippen LogP contribution in [0.3, 0.4) is 0 Å². The van der Waals surface area contributed by atoms with E-state index in [1.807, 2.05) is 24.9 Å². The van der Waals surface area contributed by atoms with Gasteiger partial charge in [-0.2, -0.15) is 0 Å². The van der Waals surface area contributed by atoms with Crippen LogP contribution in [0.25, 0.3) is 0 Å². The molecule has 3 nitrogen and oxygen atoms in total. The van der Waals surface area contributed by atoms with Gasteiger partial charge in [-0.05, 0) is 32.2 Å². The fourth-order valence-corrected chi connectivity index (χ4v) is 1.92. The fourth-order valence-electron chi connectivity index (χ4n) is 1.92. The molecule has 2 aromatic rings. The van der Waals surface area contributed by atoms with E-state index < -0.39 is 0 Å². The van der Waals surface area contributed by atoms with Crippen molar-refractivity contribution in [2.45, 2.75) is 13.5 Å². The lowest BCUT2D eigenvalue weighted by Gasteiger charge is -2.15. The molecule has 0 atom stereocenters. The highest BCUT2D eigenvalue weighted by atomic mass is 19.1. The number of nitrogens with zero attached hydrogens (tertiary/aromatic N) is 1. The summed E-state index contributed by atoms with van der Waals surface area (Å²) in [4.78, 5) is 13.9. The van der Waals surface area contributed by atoms with Crippen LogP contribution in [0.15, 0.2) is 41.0 Å². The zero-order valence-corrected chi connectivity index (χ0v) is 11.0. The molecule has 19 heavy (non-hydrogen) atoms. The first-order valence-corrected chi connectivity index (χ1v) is 6.06. The number of rotatable bonds is 5. The zero-order valence-electron chi connectivity index (χ0n) is 11.0. The lowest BCUT2D eigenvalue weighted by Crippen LogP contribution is -2.25. The number of furan rings is 1. The maximum Gasteiger partial charge on any atom is 0.176 e. The fraction of sp³-hybridized carbons (Fsp3) is 0.267. The monoisotopic (exact) mass is 261 g/mol. The Morgan fingerprint density at radius 1 is 1.37 bits per heavy atom. The van der Waals surface area contributed by atoms with Crippen LogP contribution in [0.5, 0.6) is 0 Å². The summed E-state index contributed by atoms with van der Waals surface area (Å²) in [5.74, 6) is 0.368. The number of Topliss-reactive ketones (excluding diaryl/α,β-unsaturated/α-hetero) is 1. The lowest BCUT2D eigenvalue weighted by molar-refractivity contribution is 0.0942. The topological polar surface area (TPSA) is 33.5 Å². The minimum atomic E-state index is -0.390. The molecule has 0 fully saturated rings. The number of benzene rings is 1. The largest absolute Gasteiger partial charge is 0.469 e. The van der Waals surface area contributed by atoms with Crippen LogP contribution in [0.4, 0.5) is 4.39 Å². The van der Waals surface area contributed by atoms with Crippen molar-refractivity contribution >= 4 is 5.78 Å². The van der Waals surface area contributed by atoms with Crippen LogP contribution in [-0.2, 0) is 6.54 Å². The molecule has 1 aromatic heterocycles. The predicted octanol–water partition coefficient (Wildman–Crippen LogP) is 3.04. The van der Waals surface area contributed by atoms with Gasteiger partial charge in [-0.15, -0.1) is 0 Å². The van der Waals surface area contributed by atoms with E-state index in [0.717, 1.165) is 11.3 Å². The highest BCUT2D eigenvalue weighted by molar-refractivity contribution is 5.97. The number of aryl methyl sites for hydroxylation is 1. The van der Waals surface area contributed by atoms with Gasteiger partial charge < -0.3 is 4.42 Å². The number of halogens is 1. The third kappa shape index (κ3) is 3.51. The van der Waals surface area contributed by atoms with Crippen molar-refractivity contribution in [1.82, 2.24) is 4.90 Å². The smallest absolute Gasteiger partial charge is 0.176 e. The SMILES string of the molecule is Cc1occc1CN(C)CC(=O)c1cccc(F)c1. The Bertz CT molecular complexity index is 577. The molecule has 0 amide bonds. The van der Waals surface area contributed by atoms with Crippen molar-refractivity contribution < 1.29 is 13.6 Å². The lowest BCUT2D eigenvalue weighted by atomic mass is 10.1. The van der Waals surface area contributed by atoms with E-state index in [0.29, 0.717) is 12.1 Å². The van der Waals surface area contributed by atoms with Crippen LogP contribution in [0.2, 0.25) is 0 Å². The van der Waals surface area contributed by atoms with Crippen molar-refractivity contribution in [3.63, 3.8) is 0 Å². The number of carbonyl (C=O) groups excluding carboxylic acids is 1. The van der Waals surface area contributed by atoms with Crippen LogP contribution in [-0.4, -0.2) is 24.3 Å².